The largest absolute Gasteiger partial charge is 0.478 e. The number of hydrogen-bond acceptors (Lipinski definition) is 4. The summed E-state index contributed by atoms with van der Waals surface area (Å²) in [5.41, 5.74) is 2.63. The van der Waals surface area contributed by atoms with Crippen LogP contribution in [-0.4, -0.2) is 30.8 Å². The molecular formula is C26H32N4O2. The van der Waals surface area contributed by atoms with Crippen LogP contribution in [0.25, 0.3) is 11.3 Å². The third kappa shape index (κ3) is 5.23. The highest BCUT2D eigenvalue weighted by Crippen LogP contribution is 2.31. The predicted molar refractivity (Wildman–Crippen MR) is 125 cm³/mol. The van der Waals surface area contributed by atoms with Gasteiger partial charge in [-0.1, -0.05) is 63.3 Å². The van der Waals surface area contributed by atoms with Gasteiger partial charge >= 0.3 is 5.97 Å². The second kappa shape index (κ2) is 10.5. The molecule has 0 spiro atoms. The van der Waals surface area contributed by atoms with Crippen LogP contribution >= 0.6 is 0 Å². The van der Waals surface area contributed by atoms with E-state index in [9.17, 15) is 9.90 Å². The predicted octanol–water partition coefficient (Wildman–Crippen LogP) is 5.87. The Morgan fingerprint density at radius 3 is 2.59 bits per heavy atom. The monoisotopic (exact) mass is 432 g/mol. The number of benzene rings is 1. The zero-order valence-corrected chi connectivity index (χ0v) is 18.8. The van der Waals surface area contributed by atoms with Crippen molar-refractivity contribution in [3.8, 4) is 11.3 Å². The lowest BCUT2D eigenvalue weighted by atomic mass is 9.89. The van der Waals surface area contributed by atoms with E-state index in [0.717, 1.165) is 35.6 Å². The number of rotatable bonds is 9. The first-order valence-corrected chi connectivity index (χ1v) is 11.9. The Labute approximate surface area is 189 Å². The number of pyridine rings is 1. The number of nitrogens with zero attached hydrogens (tertiary/aromatic N) is 4. The normalized spacial score (nSPS) is 14.5. The lowest BCUT2D eigenvalue weighted by molar-refractivity contribution is 0.0697. The van der Waals surface area contributed by atoms with Gasteiger partial charge in [0.05, 0.1) is 17.8 Å². The van der Waals surface area contributed by atoms with Crippen LogP contribution < -0.4 is 0 Å². The Hall–Kier alpha value is -3.02. The average Bonchev–Trinajstić information content (AvgIpc) is 3.23. The fraction of sp³-hybridized carbons (Fsp3) is 0.462. The second-order valence-corrected chi connectivity index (χ2v) is 8.74. The van der Waals surface area contributed by atoms with E-state index in [1.54, 1.807) is 18.3 Å². The molecule has 0 aliphatic heterocycles. The lowest BCUT2D eigenvalue weighted by Gasteiger charge is -2.18. The van der Waals surface area contributed by atoms with Crippen molar-refractivity contribution in [2.45, 2.75) is 77.2 Å². The highest BCUT2D eigenvalue weighted by atomic mass is 16.4. The van der Waals surface area contributed by atoms with E-state index in [0.29, 0.717) is 18.2 Å². The molecule has 0 bridgehead atoms. The molecular weight excluding hydrogens is 400 g/mol. The minimum atomic E-state index is -0.966. The van der Waals surface area contributed by atoms with Crippen molar-refractivity contribution < 1.29 is 9.90 Å². The molecule has 4 rings (SSSR count). The highest BCUT2D eigenvalue weighted by molar-refractivity contribution is 5.94. The summed E-state index contributed by atoms with van der Waals surface area (Å²) >= 11 is 0. The zero-order valence-electron chi connectivity index (χ0n) is 18.8. The van der Waals surface area contributed by atoms with Gasteiger partial charge in [-0.25, -0.2) is 14.5 Å². The Bertz CT molecular complexity index is 1040. The van der Waals surface area contributed by atoms with Crippen LogP contribution in [-0.2, 0) is 13.0 Å². The van der Waals surface area contributed by atoms with Crippen molar-refractivity contribution in [2.24, 2.45) is 0 Å². The lowest BCUT2D eigenvalue weighted by Crippen LogP contribution is -2.09. The Morgan fingerprint density at radius 1 is 1.09 bits per heavy atom. The molecule has 1 aliphatic rings. The van der Waals surface area contributed by atoms with Gasteiger partial charge in [0, 0.05) is 24.1 Å². The topological polar surface area (TPSA) is 80.9 Å². The first kappa shape index (κ1) is 22.2. The molecule has 0 amide bonds. The fourth-order valence-corrected chi connectivity index (χ4v) is 4.52. The van der Waals surface area contributed by atoms with Crippen molar-refractivity contribution in [2.75, 3.05) is 0 Å². The molecule has 3 aromatic rings. The number of hydrogen-bond donors (Lipinski definition) is 1. The van der Waals surface area contributed by atoms with Crippen LogP contribution in [0, 0.1) is 0 Å². The van der Waals surface area contributed by atoms with E-state index in [4.69, 9.17) is 10.1 Å². The molecule has 0 saturated heterocycles. The molecule has 2 heterocycles. The summed E-state index contributed by atoms with van der Waals surface area (Å²) in [7, 11) is 0. The van der Waals surface area contributed by atoms with Crippen molar-refractivity contribution in [3.63, 3.8) is 0 Å². The molecule has 1 N–H and O–H groups in total. The van der Waals surface area contributed by atoms with Crippen LogP contribution in [0.2, 0.25) is 0 Å². The maximum Gasteiger partial charge on any atom is 0.337 e. The Morgan fingerprint density at radius 2 is 1.88 bits per heavy atom. The standard InChI is InChI=1S/C26H32N4O2/c1-2-3-5-12-23-28-25(21-9-6-4-7-10-21)29-30(23)18-19-13-15-20(16-14-19)24-22(26(31)32)11-8-17-27-24/h8,11,13-17,21H,2-7,9-10,12,18H2,1H3,(H,31,32). The summed E-state index contributed by atoms with van der Waals surface area (Å²) in [6, 6.07) is 11.2. The number of carboxylic acids is 1. The fourth-order valence-electron chi connectivity index (χ4n) is 4.52. The smallest absolute Gasteiger partial charge is 0.337 e. The van der Waals surface area contributed by atoms with E-state index < -0.39 is 5.97 Å². The maximum absolute atomic E-state index is 11.5. The van der Waals surface area contributed by atoms with Crippen molar-refractivity contribution in [1.29, 1.82) is 0 Å². The van der Waals surface area contributed by atoms with Gasteiger partial charge in [0.2, 0.25) is 0 Å². The second-order valence-electron chi connectivity index (χ2n) is 8.74. The van der Waals surface area contributed by atoms with Crippen molar-refractivity contribution in [3.05, 3.63) is 65.4 Å². The van der Waals surface area contributed by atoms with Crippen molar-refractivity contribution in [1.82, 2.24) is 19.7 Å². The summed E-state index contributed by atoms with van der Waals surface area (Å²) in [5.74, 6) is 1.64. The van der Waals surface area contributed by atoms with Crippen LogP contribution in [0.5, 0.6) is 0 Å². The van der Waals surface area contributed by atoms with Gasteiger partial charge in [-0.05, 0) is 37.0 Å². The summed E-state index contributed by atoms with van der Waals surface area (Å²) in [5, 5.41) is 14.4. The van der Waals surface area contributed by atoms with E-state index in [-0.39, 0.29) is 5.56 Å². The van der Waals surface area contributed by atoms with Crippen LogP contribution in [0.3, 0.4) is 0 Å². The van der Waals surface area contributed by atoms with E-state index in [1.807, 2.05) is 24.3 Å². The summed E-state index contributed by atoms with van der Waals surface area (Å²) in [4.78, 5) is 20.8. The molecule has 2 aromatic heterocycles. The third-order valence-corrected chi connectivity index (χ3v) is 6.34. The van der Waals surface area contributed by atoms with Crippen LogP contribution in [0.4, 0.5) is 0 Å². The molecule has 168 valence electrons. The quantitative estimate of drug-likeness (QED) is 0.428. The molecule has 0 atom stereocenters. The highest BCUT2D eigenvalue weighted by Gasteiger charge is 2.21. The number of carboxylic acid groups (broad SMARTS) is 1. The van der Waals surface area contributed by atoms with E-state index in [2.05, 4.69) is 16.6 Å². The molecule has 6 nitrogen and oxygen atoms in total. The zero-order chi connectivity index (χ0) is 22.3. The summed E-state index contributed by atoms with van der Waals surface area (Å²) in [6.45, 7) is 2.90. The molecule has 1 fully saturated rings. The first-order chi connectivity index (χ1) is 15.7. The van der Waals surface area contributed by atoms with Gasteiger partial charge in [0.1, 0.15) is 5.82 Å². The minimum Gasteiger partial charge on any atom is -0.478 e. The maximum atomic E-state index is 11.5. The molecule has 1 saturated carbocycles. The first-order valence-electron chi connectivity index (χ1n) is 11.9. The number of aromatic nitrogens is 4. The van der Waals surface area contributed by atoms with Gasteiger partial charge in [-0.2, -0.15) is 5.10 Å². The number of aryl methyl sites for hydroxylation is 1. The molecule has 1 aliphatic carbocycles. The summed E-state index contributed by atoms with van der Waals surface area (Å²) < 4.78 is 2.08. The average molecular weight is 433 g/mol. The van der Waals surface area contributed by atoms with E-state index in [1.165, 1.54) is 44.9 Å². The molecule has 32 heavy (non-hydrogen) atoms. The molecule has 1 aromatic carbocycles. The summed E-state index contributed by atoms with van der Waals surface area (Å²) in [6.07, 6.45) is 12.4. The molecule has 6 heteroatoms. The molecule has 0 radical (unpaired) electrons. The number of aromatic carboxylic acids is 1. The van der Waals surface area contributed by atoms with Gasteiger partial charge in [0.15, 0.2) is 5.82 Å². The Kier molecular flexibility index (Phi) is 7.30. The van der Waals surface area contributed by atoms with E-state index >= 15 is 0 Å². The molecule has 0 unspecified atom stereocenters. The van der Waals surface area contributed by atoms with Crippen LogP contribution in [0.15, 0.2) is 42.6 Å². The van der Waals surface area contributed by atoms with Gasteiger partial charge in [0.25, 0.3) is 0 Å². The number of carbonyl (C=O) groups is 1. The van der Waals surface area contributed by atoms with Crippen LogP contribution in [0.1, 0.15) is 91.8 Å². The van der Waals surface area contributed by atoms with Crippen molar-refractivity contribution >= 4 is 5.97 Å². The van der Waals surface area contributed by atoms with Gasteiger partial charge in [-0.3, -0.25) is 4.98 Å². The SMILES string of the molecule is CCCCCc1nc(C2CCCCC2)nn1Cc1ccc(-c2ncccc2C(=O)O)cc1. The minimum absolute atomic E-state index is 0.215. The Balaban J connectivity index is 1.55. The van der Waals surface area contributed by atoms with Gasteiger partial charge in [-0.15, -0.1) is 0 Å². The number of unbranched alkanes of at least 4 members (excludes halogenated alkanes) is 2. The third-order valence-electron chi connectivity index (χ3n) is 6.34. The van der Waals surface area contributed by atoms with Gasteiger partial charge < -0.3 is 5.11 Å².